The van der Waals surface area contributed by atoms with Gasteiger partial charge in [0.2, 0.25) is 0 Å². The Balaban J connectivity index is 1.73. The summed E-state index contributed by atoms with van der Waals surface area (Å²) < 4.78 is 0. The van der Waals surface area contributed by atoms with E-state index in [2.05, 4.69) is 10.2 Å². The van der Waals surface area contributed by atoms with Crippen LogP contribution in [0.1, 0.15) is 62.2 Å². The zero-order chi connectivity index (χ0) is 16.2. The van der Waals surface area contributed by atoms with E-state index >= 15 is 0 Å². The first-order chi connectivity index (χ1) is 11.1. The molecule has 1 aromatic rings. The lowest BCUT2D eigenvalue weighted by Gasteiger charge is -2.38. The van der Waals surface area contributed by atoms with Crippen LogP contribution in [-0.2, 0) is 0 Å². The van der Waals surface area contributed by atoms with Crippen molar-refractivity contribution in [2.75, 3.05) is 11.9 Å². The van der Waals surface area contributed by atoms with Gasteiger partial charge in [0.1, 0.15) is 0 Å². The first-order valence-corrected chi connectivity index (χ1v) is 8.84. The smallest absolute Gasteiger partial charge is 0.321 e. The third kappa shape index (κ3) is 3.74. The number of Topliss-reactive ketones (excluding diaryl/α,β-unsaturated/α-hetero) is 1. The number of benzene rings is 1. The van der Waals surface area contributed by atoms with Gasteiger partial charge < -0.3 is 10.2 Å². The maximum Gasteiger partial charge on any atom is 0.322 e. The van der Waals surface area contributed by atoms with Crippen LogP contribution in [0.2, 0.25) is 0 Å². The van der Waals surface area contributed by atoms with E-state index in [1.54, 1.807) is 19.1 Å². The highest BCUT2D eigenvalue weighted by atomic mass is 16.2. The quantitative estimate of drug-likeness (QED) is 0.819. The minimum atomic E-state index is -0.00972. The monoisotopic (exact) mass is 314 g/mol. The van der Waals surface area contributed by atoms with Gasteiger partial charge in [0.15, 0.2) is 5.78 Å². The number of amides is 2. The molecule has 2 aliphatic rings. The van der Waals surface area contributed by atoms with Crippen molar-refractivity contribution in [1.29, 1.82) is 0 Å². The lowest BCUT2D eigenvalue weighted by atomic mass is 9.82. The molecule has 1 heterocycles. The number of hydrogen-bond donors (Lipinski definition) is 1. The van der Waals surface area contributed by atoms with E-state index in [4.69, 9.17) is 0 Å². The van der Waals surface area contributed by atoms with Crippen LogP contribution in [0.25, 0.3) is 0 Å². The van der Waals surface area contributed by atoms with Gasteiger partial charge in [-0.2, -0.15) is 0 Å². The van der Waals surface area contributed by atoms with E-state index in [0.717, 1.165) is 19.4 Å². The molecule has 0 bridgehead atoms. The molecule has 4 nitrogen and oxygen atoms in total. The topological polar surface area (TPSA) is 49.4 Å². The van der Waals surface area contributed by atoms with Crippen LogP contribution in [0.15, 0.2) is 24.3 Å². The molecule has 2 amide bonds. The molecule has 1 N–H and O–H groups in total. The normalized spacial score (nSPS) is 24.5. The maximum absolute atomic E-state index is 12.8. The molecule has 1 aromatic carbocycles. The first kappa shape index (κ1) is 16.0. The molecular formula is C19H26N2O2. The molecule has 1 saturated heterocycles. The van der Waals surface area contributed by atoms with E-state index in [-0.39, 0.29) is 11.8 Å². The number of nitrogens with one attached hydrogen (secondary N) is 1. The van der Waals surface area contributed by atoms with Crippen LogP contribution in [0.4, 0.5) is 10.5 Å². The molecule has 23 heavy (non-hydrogen) atoms. The third-order valence-corrected chi connectivity index (χ3v) is 5.27. The van der Waals surface area contributed by atoms with Crippen molar-refractivity contribution in [1.82, 2.24) is 4.90 Å². The van der Waals surface area contributed by atoms with Crippen molar-refractivity contribution in [2.45, 2.75) is 57.9 Å². The van der Waals surface area contributed by atoms with Gasteiger partial charge in [-0.05, 0) is 50.7 Å². The first-order valence-electron chi connectivity index (χ1n) is 8.84. The molecular weight excluding hydrogens is 288 g/mol. The van der Waals surface area contributed by atoms with Crippen LogP contribution in [0, 0.1) is 5.92 Å². The molecule has 1 aliphatic heterocycles. The molecule has 0 unspecified atom stereocenters. The average Bonchev–Trinajstić information content (AvgIpc) is 2.77. The van der Waals surface area contributed by atoms with Gasteiger partial charge in [-0.25, -0.2) is 4.79 Å². The molecule has 0 spiro atoms. The summed E-state index contributed by atoms with van der Waals surface area (Å²) in [5, 5.41) is 3.00. The zero-order valence-electron chi connectivity index (χ0n) is 13.9. The van der Waals surface area contributed by atoms with Crippen LogP contribution < -0.4 is 5.32 Å². The molecule has 0 radical (unpaired) electrons. The van der Waals surface area contributed by atoms with Crippen molar-refractivity contribution in [3.05, 3.63) is 29.8 Å². The Bertz CT molecular complexity index is 584. The number of carbonyl (C=O) groups excluding carboxylic acids is 2. The number of rotatable bonds is 2. The van der Waals surface area contributed by atoms with Crippen LogP contribution in [-0.4, -0.2) is 29.3 Å². The van der Waals surface area contributed by atoms with Gasteiger partial charge in [0, 0.05) is 23.8 Å². The van der Waals surface area contributed by atoms with Crippen molar-refractivity contribution in [2.24, 2.45) is 5.92 Å². The molecule has 4 heteroatoms. The third-order valence-electron chi connectivity index (χ3n) is 5.27. The van der Waals surface area contributed by atoms with Gasteiger partial charge in [-0.1, -0.05) is 31.4 Å². The predicted octanol–water partition coefficient (Wildman–Crippen LogP) is 4.47. The van der Waals surface area contributed by atoms with Crippen molar-refractivity contribution in [3.8, 4) is 0 Å². The van der Waals surface area contributed by atoms with E-state index in [1.807, 2.05) is 12.1 Å². The van der Waals surface area contributed by atoms with Crippen molar-refractivity contribution in [3.63, 3.8) is 0 Å². The Morgan fingerprint density at radius 2 is 1.83 bits per heavy atom. The van der Waals surface area contributed by atoms with Crippen molar-refractivity contribution < 1.29 is 9.59 Å². The minimum absolute atomic E-state index is 0.00972. The molecule has 1 aliphatic carbocycles. The van der Waals surface area contributed by atoms with Gasteiger partial charge in [0.25, 0.3) is 0 Å². The van der Waals surface area contributed by atoms with Gasteiger partial charge >= 0.3 is 6.03 Å². The summed E-state index contributed by atoms with van der Waals surface area (Å²) in [5.41, 5.74) is 1.34. The number of fused-ring (bicyclic) bond motifs is 1. The molecule has 1 saturated carbocycles. The summed E-state index contributed by atoms with van der Waals surface area (Å²) in [6, 6.07) is 7.59. The summed E-state index contributed by atoms with van der Waals surface area (Å²) in [7, 11) is 0. The van der Waals surface area contributed by atoms with Gasteiger partial charge in [0.05, 0.1) is 0 Å². The highest BCUT2D eigenvalue weighted by Crippen LogP contribution is 2.34. The Morgan fingerprint density at radius 1 is 1.09 bits per heavy atom. The fourth-order valence-corrected chi connectivity index (χ4v) is 4.05. The number of nitrogens with zero attached hydrogens (tertiary/aromatic N) is 1. The van der Waals surface area contributed by atoms with Gasteiger partial charge in [-0.15, -0.1) is 0 Å². The summed E-state index contributed by atoms with van der Waals surface area (Å²) in [6.45, 7) is 2.39. The summed E-state index contributed by atoms with van der Waals surface area (Å²) in [4.78, 5) is 26.3. The summed E-state index contributed by atoms with van der Waals surface area (Å²) >= 11 is 0. The molecule has 2 atom stereocenters. The number of urea groups is 1. The average molecular weight is 314 g/mol. The fourth-order valence-electron chi connectivity index (χ4n) is 4.05. The second-order valence-electron chi connectivity index (χ2n) is 6.87. The van der Waals surface area contributed by atoms with Crippen LogP contribution in [0.3, 0.4) is 0 Å². The zero-order valence-corrected chi connectivity index (χ0v) is 13.9. The van der Waals surface area contributed by atoms with Gasteiger partial charge in [-0.3, -0.25) is 4.79 Å². The Hall–Kier alpha value is -1.84. The molecule has 3 rings (SSSR count). The molecule has 124 valence electrons. The number of carbonyl (C=O) groups is 2. The van der Waals surface area contributed by atoms with E-state index in [1.165, 1.54) is 32.1 Å². The molecule has 2 fully saturated rings. The summed E-state index contributed by atoms with van der Waals surface area (Å²) in [6.07, 6.45) is 8.49. The van der Waals surface area contributed by atoms with Crippen LogP contribution >= 0.6 is 0 Å². The second kappa shape index (κ2) is 7.16. The number of likely N-dealkylation sites (tertiary alicyclic amines) is 1. The highest BCUT2D eigenvalue weighted by molar-refractivity contribution is 5.96. The van der Waals surface area contributed by atoms with E-state index in [0.29, 0.717) is 23.2 Å². The number of hydrogen-bond acceptors (Lipinski definition) is 2. The maximum atomic E-state index is 12.8. The predicted molar refractivity (Wildman–Crippen MR) is 91.8 cm³/mol. The highest BCUT2D eigenvalue weighted by Gasteiger charge is 2.34. The number of ketones is 1. The van der Waals surface area contributed by atoms with E-state index < -0.39 is 0 Å². The largest absolute Gasteiger partial charge is 0.322 e. The molecule has 0 aromatic heterocycles. The summed E-state index contributed by atoms with van der Waals surface area (Å²) in [5.74, 6) is 0.684. The van der Waals surface area contributed by atoms with Crippen LogP contribution in [0.5, 0.6) is 0 Å². The standard InChI is InChI=1S/C19H26N2O2/c1-14(22)16-9-6-10-17(13-16)20-19(23)21-12-5-4-8-15-7-2-3-11-18(15)21/h6,9-10,13,15,18H,2-5,7-8,11-12H2,1H3,(H,20,23)/t15-,18+/m0/s1. The second-order valence-corrected chi connectivity index (χ2v) is 6.87. The van der Waals surface area contributed by atoms with E-state index in [9.17, 15) is 9.59 Å². The fraction of sp³-hybridized carbons (Fsp3) is 0.579. The Labute approximate surface area is 138 Å². The lowest BCUT2D eigenvalue weighted by Crippen LogP contribution is -2.47. The Kier molecular flexibility index (Phi) is 4.99. The minimum Gasteiger partial charge on any atom is -0.321 e. The number of anilines is 1. The SMILES string of the molecule is CC(=O)c1cccc(NC(=O)N2CCCC[C@@H]3CCCC[C@H]32)c1. The Morgan fingerprint density at radius 3 is 2.61 bits per heavy atom. The lowest BCUT2D eigenvalue weighted by molar-refractivity contribution is 0.101. The van der Waals surface area contributed by atoms with Crippen molar-refractivity contribution >= 4 is 17.5 Å².